The number of carbonyl (C=O) groups is 2. The molecule has 3 aromatic carbocycles. The van der Waals surface area contributed by atoms with Gasteiger partial charge < -0.3 is 22.1 Å². The van der Waals surface area contributed by atoms with Crippen LogP contribution < -0.4 is 22.1 Å². The molecule has 0 radical (unpaired) electrons. The molecule has 3 rings (SSSR count). The van der Waals surface area contributed by atoms with Crippen molar-refractivity contribution in [3.8, 4) is 0 Å². The molecule has 6 N–H and O–H groups in total. The van der Waals surface area contributed by atoms with E-state index >= 15 is 0 Å². The third kappa shape index (κ3) is 3.99. The minimum atomic E-state index is -0.379. The van der Waals surface area contributed by atoms with Crippen molar-refractivity contribution in [2.75, 3.05) is 22.1 Å². The first-order valence-corrected chi connectivity index (χ1v) is 7.96. The van der Waals surface area contributed by atoms with Gasteiger partial charge in [0.25, 0.3) is 11.8 Å². The Labute approximate surface area is 150 Å². The number of nitrogens with one attached hydrogen (secondary N) is 2. The van der Waals surface area contributed by atoms with E-state index in [1.807, 2.05) is 18.2 Å². The maximum Gasteiger partial charge on any atom is 0.257 e. The smallest absolute Gasteiger partial charge is 0.257 e. The van der Waals surface area contributed by atoms with Crippen LogP contribution in [0.5, 0.6) is 0 Å². The van der Waals surface area contributed by atoms with Gasteiger partial charge in [-0.15, -0.1) is 0 Å². The molecule has 6 heteroatoms. The number of anilines is 4. The topological polar surface area (TPSA) is 110 Å². The van der Waals surface area contributed by atoms with Crippen LogP contribution >= 0.6 is 0 Å². The molecule has 0 aromatic heterocycles. The standard InChI is InChI=1S/C20H18N4O2/c21-14-7-9-16(10-8-14)23-19(25)13-6-11-18(22)17(12-13)20(26)24-15-4-2-1-3-5-15/h1-12H,21-22H2,(H,23,25)(H,24,26). The Hall–Kier alpha value is -3.80. The van der Waals surface area contributed by atoms with Gasteiger partial charge in [-0.1, -0.05) is 18.2 Å². The maximum absolute atomic E-state index is 12.5. The molecule has 0 spiro atoms. The first-order valence-electron chi connectivity index (χ1n) is 7.96. The van der Waals surface area contributed by atoms with Gasteiger partial charge in [-0.2, -0.15) is 0 Å². The van der Waals surface area contributed by atoms with Crippen LogP contribution in [-0.4, -0.2) is 11.8 Å². The summed E-state index contributed by atoms with van der Waals surface area (Å²) in [5.74, 6) is -0.723. The van der Waals surface area contributed by atoms with Crippen LogP contribution in [0, 0.1) is 0 Å². The summed E-state index contributed by atoms with van der Waals surface area (Å²) in [7, 11) is 0. The second kappa shape index (κ2) is 7.40. The summed E-state index contributed by atoms with van der Waals surface area (Å²) < 4.78 is 0. The van der Waals surface area contributed by atoms with Gasteiger partial charge in [-0.3, -0.25) is 9.59 Å². The Morgan fingerprint density at radius 1 is 0.692 bits per heavy atom. The van der Waals surface area contributed by atoms with Crippen molar-refractivity contribution in [2.24, 2.45) is 0 Å². The zero-order valence-electron chi connectivity index (χ0n) is 13.9. The fourth-order valence-corrected chi connectivity index (χ4v) is 2.38. The summed E-state index contributed by atoms with van der Waals surface area (Å²) in [6, 6.07) is 20.4. The number of benzene rings is 3. The van der Waals surface area contributed by atoms with Gasteiger partial charge in [0, 0.05) is 28.3 Å². The van der Waals surface area contributed by atoms with Crippen molar-refractivity contribution in [2.45, 2.75) is 0 Å². The van der Waals surface area contributed by atoms with Gasteiger partial charge in [-0.25, -0.2) is 0 Å². The molecule has 0 heterocycles. The number of rotatable bonds is 4. The molecule has 0 fully saturated rings. The predicted molar refractivity (Wildman–Crippen MR) is 104 cm³/mol. The SMILES string of the molecule is Nc1ccc(NC(=O)c2ccc(N)c(C(=O)Nc3ccccc3)c2)cc1. The zero-order chi connectivity index (χ0) is 18.5. The number of para-hydroxylation sites is 1. The summed E-state index contributed by atoms with van der Waals surface area (Å²) in [5.41, 5.74) is 14.3. The van der Waals surface area contributed by atoms with Gasteiger partial charge in [0.1, 0.15) is 0 Å². The van der Waals surface area contributed by atoms with Crippen LogP contribution in [0.3, 0.4) is 0 Å². The Bertz CT molecular complexity index is 938. The molecule has 0 aliphatic rings. The first kappa shape index (κ1) is 17.0. The van der Waals surface area contributed by atoms with Crippen LogP contribution in [0.15, 0.2) is 72.8 Å². The number of hydrogen-bond acceptors (Lipinski definition) is 4. The molecule has 2 amide bonds. The lowest BCUT2D eigenvalue weighted by atomic mass is 10.1. The lowest BCUT2D eigenvalue weighted by Crippen LogP contribution is -2.17. The monoisotopic (exact) mass is 346 g/mol. The Morgan fingerprint density at radius 2 is 1.31 bits per heavy atom. The predicted octanol–water partition coefficient (Wildman–Crippen LogP) is 3.36. The Morgan fingerprint density at radius 3 is 2.00 bits per heavy atom. The van der Waals surface area contributed by atoms with Gasteiger partial charge in [0.15, 0.2) is 0 Å². The van der Waals surface area contributed by atoms with E-state index in [9.17, 15) is 9.59 Å². The van der Waals surface area contributed by atoms with Gasteiger partial charge in [-0.05, 0) is 54.6 Å². The van der Waals surface area contributed by atoms with E-state index in [1.54, 1.807) is 42.5 Å². The lowest BCUT2D eigenvalue weighted by Gasteiger charge is -2.10. The van der Waals surface area contributed by atoms with E-state index in [-0.39, 0.29) is 17.4 Å². The van der Waals surface area contributed by atoms with Crippen molar-refractivity contribution in [1.29, 1.82) is 0 Å². The molecule has 3 aromatic rings. The van der Waals surface area contributed by atoms with Crippen molar-refractivity contribution in [1.82, 2.24) is 0 Å². The quantitative estimate of drug-likeness (QED) is 0.543. The molecule has 0 saturated heterocycles. The number of amides is 2. The van der Waals surface area contributed by atoms with E-state index < -0.39 is 0 Å². The number of nitrogens with two attached hydrogens (primary N) is 2. The molecule has 6 nitrogen and oxygen atoms in total. The van der Waals surface area contributed by atoms with E-state index in [1.165, 1.54) is 12.1 Å². The van der Waals surface area contributed by atoms with Crippen LogP contribution in [0.2, 0.25) is 0 Å². The fourth-order valence-electron chi connectivity index (χ4n) is 2.38. The summed E-state index contributed by atoms with van der Waals surface area (Å²) in [6.07, 6.45) is 0. The molecule has 0 bridgehead atoms. The second-order valence-electron chi connectivity index (χ2n) is 5.70. The lowest BCUT2D eigenvalue weighted by molar-refractivity contribution is 0.102. The second-order valence-corrected chi connectivity index (χ2v) is 5.70. The third-order valence-electron chi connectivity index (χ3n) is 3.76. The average Bonchev–Trinajstić information content (AvgIpc) is 2.64. The summed E-state index contributed by atoms with van der Waals surface area (Å²) in [5, 5.41) is 5.51. The fraction of sp³-hybridized carbons (Fsp3) is 0. The largest absolute Gasteiger partial charge is 0.399 e. The van der Waals surface area contributed by atoms with Crippen LogP contribution in [-0.2, 0) is 0 Å². The molecule has 0 atom stereocenters. The van der Waals surface area contributed by atoms with E-state index in [4.69, 9.17) is 11.5 Å². The molecule has 26 heavy (non-hydrogen) atoms. The van der Waals surface area contributed by atoms with Crippen molar-refractivity contribution < 1.29 is 9.59 Å². The molecule has 0 unspecified atom stereocenters. The highest BCUT2D eigenvalue weighted by atomic mass is 16.2. The Kier molecular flexibility index (Phi) is 4.85. The van der Waals surface area contributed by atoms with Crippen LogP contribution in [0.4, 0.5) is 22.7 Å². The van der Waals surface area contributed by atoms with Crippen LogP contribution in [0.1, 0.15) is 20.7 Å². The Balaban J connectivity index is 1.79. The van der Waals surface area contributed by atoms with Gasteiger partial charge >= 0.3 is 0 Å². The number of hydrogen-bond donors (Lipinski definition) is 4. The average molecular weight is 346 g/mol. The highest BCUT2D eigenvalue weighted by Gasteiger charge is 2.14. The van der Waals surface area contributed by atoms with Crippen molar-refractivity contribution in [3.63, 3.8) is 0 Å². The molecule has 130 valence electrons. The molecular formula is C20H18N4O2. The molecule has 0 saturated carbocycles. The van der Waals surface area contributed by atoms with Crippen LogP contribution in [0.25, 0.3) is 0 Å². The summed E-state index contributed by atoms with van der Waals surface area (Å²) in [6.45, 7) is 0. The van der Waals surface area contributed by atoms with Gasteiger partial charge in [0.2, 0.25) is 0 Å². The summed E-state index contributed by atoms with van der Waals surface area (Å²) in [4.78, 5) is 24.9. The first-order chi connectivity index (χ1) is 12.5. The molecule has 0 aliphatic carbocycles. The normalized spacial score (nSPS) is 10.2. The third-order valence-corrected chi connectivity index (χ3v) is 3.76. The van der Waals surface area contributed by atoms with E-state index in [0.717, 1.165) is 0 Å². The molecule has 0 aliphatic heterocycles. The highest BCUT2D eigenvalue weighted by molar-refractivity contribution is 6.11. The highest BCUT2D eigenvalue weighted by Crippen LogP contribution is 2.18. The van der Waals surface area contributed by atoms with E-state index in [0.29, 0.717) is 28.3 Å². The minimum absolute atomic E-state index is 0.235. The van der Waals surface area contributed by atoms with Crippen molar-refractivity contribution >= 4 is 34.6 Å². The number of carbonyl (C=O) groups excluding carboxylic acids is 2. The minimum Gasteiger partial charge on any atom is -0.399 e. The summed E-state index contributed by atoms with van der Waals surface area (Å²) >= 11 is 0. The van der Waals surface area contributed by atoms with Crippen molar-refractivity contribution in [3.05, 3.63) is 83.9 Å². The van der Waals surface area contributed by atoms with Gasteiger partial charge in [0.05, 0.1) is 5.56 Å². The number of nitrogen functional groups attached to an aromatic ring is 2. The maximum atomic E-state index is 12.5. The zero-order valence-corrected chi connectivity index (χ0v) is 13.9. The van der Waals surface area contributed by atoms with E-state index in [2.05, 4.69) is 10.6 Å². The molecular weight excluding hydrogens is 328 g/mol.